The molecule has 0 fully saturated rings. The average molecular weight is 267 g/mol. The summed E-state index contributed by atoms with van der Waals surface area (Å²) < 4.78 is 97.1. The van der Waals surface area contributed by atoms with Gasteiger partial charge < -0.3 is 12.9 Å². The fraction of sp³-hybridized carbons (Fsp3) is 0.500. The Hall–Kier alpha value is -1.29. The van der Waals surface area contributed by atoms with Crippen LogP contribution < -0.4 is 5.46 Å². The van der Waals surface area contributed by atoms with Crippen LogP contribution in [-0.4, -0.2) is 29.3 Å². The first-order valence-electron chi connectivity index (χ1n) is 4.12. The lowest BCUT2D eigenvalue weighted by molar-refractivity contribution is -0.281. The number of nitrogens with zero attached hydrogens (tertiary/aromatic N) is 1. The smallest absolute Gasteiger partial charge is 0.445 e. The lowest BCUT2D eigenvalue weighted by atomic mass is 9.79. The average Bonchev–Trinajstić information content (AvgIpc) is 2.47. The van der Waals surface area contributed by atoms with Gasteiger partial charge in [0.15, 0.2) is 0 Å². The minimum Gasteiger partial charge on any atom is -0.445 e. The van der Waals surface area contributed by atoms with Crippen LogP contribution in [0.2, 0.25) is 0 Å². The Bertz CT molecular complexity index is 391. The van der Waals surface area contributed by atoms with Gasteiger partial charge in [0.1, 0.15) is 0 Å². The molecule has 0 atom stereocenters. The van der Waals surface area contributed by atoms with Gasteiger partial charge in [-0.3, -0.25) is 5.10 Å². The van der Waals surface area contributed by atoms with E-state index in [0.29, 0.717) is 0 Å². The Kier molecular flexibility index (Phi) is 3.14. The van der Waals surface area contributed by atoms with E-state index in [-0.39, 0.29) is 6.20 Å². The van der Waals surface area contributed by atoms with Gasteiger partial charge in [-0.25, -0.2) is 0 Å². The summed E-state index contributed by atoms with van der Waals surface area (Å²) in [5.74, 6) is -5.24. The summed E-state index contributed by atoms with van der Waals surface area (Å²) in [6.07, 6.45) is -7.84. The molecule has 0 radical (unpaired) electrons. The van der Waals surface area contributed by atoms with E-state index in [1.807, 2.05) is 0 Å². The summed E-state index contributed by atoms with van der Waals surface area (Å²) in [4.78, 5) is 0. The van der Waals surface area contributed by atoms with Crippen molar-refractivity contribution in [3.05, 3.63) is 11.9 Å². The molecule has 1 aromatic rings. The van der Waals surface area contributed by atoms with Crippen molar-refractivity contribution in [2.75, 3.05) is 0 Å². The molecule has 0 saturated carbocycles. The highest BCUT2D eigenvalue weighted by atomic mass is 19.4. The Labute approximate surface area is 89.1 Å². The fourth-order valence-electron chi connectivity index (χ4n) is 1.07. The van der Waals surface area contributed by atoms with Gasteiger partial charge in [-0.05, 0) is 0 Å². The number of aromatic amines is 1. The molecule has 1 rings (SSSR count). The molecule has 0 bridgehead atoms. The van der Waals surface area contributed by atoms with Crippen molar-refractivity contribution in [1.29, 1.82) is 0 Å². The predicted octanol–water partition coefficient (Wildman–Crippen LogP) is 2.20. The monoisotopic (exact) mass is 267 g/mol. The number of alkyl halides is 5. The van der Waals surface area contributed by atoms with Gasteiger partial charge in [-0.15, -0.1) is 0 Å². The first-order valence-corrected chi connectivity index (χ1v) is 4.12. The summed E-state index contributed by atoms with van der Waals surface area (Å²) in [6.45, 7) is -5.69. The molecular weight excluding hydrogens is 263 g/mol. The van der Waals surface area contributed by atoms with E-state index >= 15 is 0 Å². The molecule has 2 nitrogen and oxygen atoms in total. The third-order valence-corrected chi connectivity index (χ3v) is 1.92. The second-order valence-corrected chi connectivity index (χ2v) is 3.26. The van der Waals surface area contributed by atoms with Crippen molar-refractivity contribution in [2.45, 2.75) is 18.5 Å². The van der Waals surface area contributed by atoms with E-state index in [2.05, 4.69) is 5.10 Å². The lowest BCUT2D eigenvalue weighted by Gasteiger charge is -2.21. The summed E-state index contributed by atoms with van der Waals surface area (Å²) in [5.41, 5.74) is -2.85. The van der Waals surface area contributed by atoms with E-state index in [1.165, 1.54) is 5.10 Å². The van der Waals surface area contributed by atoms with Gasteiger partial charge in [0, 0.05) is 11.9 Å². The van der Waals surface area contributed by atoms with Gasteiger partial charge in [-0.2, -0.15) is 27.1 Å². The molecule has 11 heteroatoms. The topological polar surface area (TPSA) is 28.7 Å². The fourth-order valence-corrected chi connectivity index (χ4v) is 1.07. The minimum absolute atomic E-state index is 0.182. The molecule has 1 aromatic heterocycles. The van der Waals surface area contributed by atoms with E-state index in [4.69, 9.17) is 0 Å². The van der Waals surface area contributed by atoms with E-state index in [9.17, 15) is 34.9 Å². The van der Waals surface area contributed by atoms with Crippen LogP contribution in [0.25, 0.3) is 0 Å². The summed E-state index contributed by atoms with van der Waals surface area (Å²) in [6, 6.07) is 0. The van der Waals surface area contributed by atoms with Crippen LogP contribution >= 0.6 is 0 Å². The first kappa shape index (κ1) is 13.8. The first-order chi connectivity index (χ1) is 7.45. The quantitative estimate of drug-likeness (QED) is 0.660. The molecule has 1 N–H and O–H groups in total. The minimum atomic E-state index is -5.91. The maximum atomic E-state index is 12.5. The summed E-state index contributed by atoms with van der Waals surface area (Å²) >= 11 is 0. The normalized spacial score (nSPS) is 14.1. The largest absolute Gasteiger partial charge is 0.512 e. The highest BCUT2D eigenvalue weighted by molar-refractivity contribution is 6.73. The second kappa shape index (κ2) is 3.88. The molecule has 0 saturated heterocycles. The van der Waals surface area contributed by atoms with Crippen LogP contribution in [0.5, 0.6) is 0 Å². The molecule has 0 unspecified atom stereocenters. The zero-order valence-corrected chi connectivity index (χ0v) is 7.83. The van der Waals surface area contributed by atoms with Gasteiger partial charge >= 0.3 is 19.1 Å². The molecule has 0 aliphatic carbocycles. The zero-order valence-electron chi connectivity index (χ0n) is 7.83. The number of hydrogen-bond donors (Lipinski definition) is 1. The van der Waals surface area contributed by atoms with Crippen molar-refractivity contribution in [3.8, 4) is 0 Å². The van der Waals surface area contributed by atoms with Crippen LogP contribution in [0.3, 0.4) is 0 Å². The SMILES string of the molecule is F[B-](F)(F)c1cn[nH]c1CC(F)(F)C(F)(F)F. The lowest BCUT2D eigenvalue weighted by Crippen LogP contribution is -2.42. The Balaban J connectivity index is 3.02. The second-order valence-electron chi connectivity index (χ2n) is 3.26. The molecule has 1 heterocycles. The van der Waals surface area contributed by atoms with Crippen LogP contribution in [0, 0.1) is 0 Å². The van der Waals surface area contributed by atoms with Crippen LogP contribution in [0.4, 0.5) is 34.9 Å². The van der Waals surface area contributed by atoms with Crippen molar-refractivity contribution in [2.24, 2.45) is 0 Å². The predicted molar refractivity (Wildman–Crippen MR) is 42.0 cm³/mol. The highest BCUT2D eigenvalue weighted by Crippen LogP contribution is 2.37. The number of nitrogens with one attached hydrogen (secondary N) is 1. The molecule has 17 heavy (non-hydrogen) atoms. The molecular formula is C6H4BF8N2-. The maximum absolute atomic E-state index is 12.5. The van der Waals surface area contributed by atoms with Gasteiger partial charge in [-0.1, -0.05) is 5.46 Å². The standard InChI is InChI=1S/C6H4BF8N2/c8-5(9,6(10,11)12)1-4-3(2-16-17-4)7(13,14)15/h2H,1H2,(H,16,17)/q-1. The number of rotatable bonds is 3. The Morgan fingerprint density at radius 1 is 1.12 bits per heavy atom. The Morgan fingerprint density at radius 3 is 2.06 bits per heavy atom. The number of aromatic nitrogens is 2. The van der Waals surface area contributed by atoms with Gasteiger partial charge in [0.25, 0.3) is 0 Å². The van der Waals surface area contributed by atoms with Crippen molar-refractivity contribution < 1.29 is 34.9 Å². The zero-order chi connectivity index (χ0) is 13.5. The number of halogens is 8. The molecule has 0 aromatic carbocycles. The summed E-state index contributed by atoms with van der Waals surface area (Å²) in [5, 5.41) is 4.33. The van der Waals surface area contributed by atoms with Crippen LogP contribution in [0.15, 0.2) is 6.20 Å². The number of H-pyrrole nitrogens is 1. The molecule has 0 amide bonds. The van der Waals surface area contributed by atoms with Crippen molar-refractivity contribution in [3.63, 3.8) is 0 Å². The van der Waals surface area contributed by atoms with Crippen molar-refractivity contribution >= 4 is 12.4 Å². The van der Waals surface area contributed by atoms with E-state index in [0.717, 1.165) is 0 Å². The van der Waals surface area contributed by atoms with E-state index < -0.39 is 36.7 Å². The highest BCUT2D eigenvalue weighted by Gasteiger charge is 2.57. The van der Waals surface area contributed by atoms with Gasteiger partial charge in [0.05, 0.1) is 6.42 Å². The third-order valence-electron chi connectivity index (χ3n) is 1.92. The maximum Gasteiger partial charge on any atom is 0.512 e. The Morgan fingerprint density at radius 2 is 1.65 bits per heavy atom. The van der Waals surface area contributed by atoms with Crippen LogP contribution in [-0.2, 0) is 6.42 Å². The van der Waals surface area contributed by atoms with Crippen molar-refractivity contribution in [1.82, 2.24) is 10.2 Å². The van der Waals surface area contributed by atoms with Crippen LogP contribution in [0.1, 0.15) is 5.69 Å². The number of hydrogen-bond acceptors (Lipinski definition) is 1. The molecule has 98 valence electrons. The molecule has 0 aliphatic heterocycles. The molecule has 0 spiro atoms. The molecule has 0 aliphatic rings. The summed E-state index contributed by atoms with van der Waals surface area (Å²) in [7, 11) is 0. The third kappa shape index (κ3) is 2.89. The van der Waals surface area contributed by atoms with Gasteiger partial charge in [0.2, 0.25) is 0 Å². The van der Waals surface area contributed by atoms with E-state index in [1.54, 1.807) is 0 Å².